The van der Waals surface area contributed by atoms with Crippen molar-refractivity contribution >= 4 is 18.2 Å². The molecular weight excluding hydrogens is 350 g/mol. The van der Waals surface area contributed by atoms with Crippen molar-refractivity contribution in [3.8, 4) is 0 Å². The first-order valence-electron chi connectivity index (χ1n) is 8.78. The van der Waals surface area contributed by atoms with Crippen LogP contribution in [0.2, 0.25) is 0 Å². The van der Waals surface area contributed by atoms with Gasteiger partial charge >= 0.3 is 11.9 Å². The summed E-state index contributed by atoms with van der Waals surface area (Å²) < 4.78 is 15.9. The molecule has 7 nitrogen and oxygen atoms in total. The molecule has 27 heavy (non-hydrogen) atoms. The molecule has 150 valence electrons. The molecule has 0 heterocycles. The van der Waals surface area contributed by atoms with Gasteiger partial charge in [-0.05, 0) is 26.3 Å². The molecule has 0 aliphatic carbocycles. The summed E-state index contributed by atoms with van der Waals surface area (Å²) in [5.41, 5.74) is 4.72. The van der Waals surface area contributed by atoms with Gasteiger partial charge in [0.15, 0.2) is 12.0 Å². The van der Waals surface area contributed by atoms with Crippen LogP contribution in [0.25, 0.3) is 0 Å². The number of hydrogen-bond acceptors (Lipinski definition) is 7. The van der Waals surface area contributed by atoms with Crippen LogP contribution in [-0.4, -0.2) is 37.2 Å². The molecule has 0 bridgehead atoms. The van der Waals surface area contributed by atoms with Gasteiger partial charge in [-0.15, -0.1) is 0 Å². The van der Waals surface area contributed by atoms with Gasteiger partial charge in [0.25, 0.3) is 0 Å². The van der Waals surface area contributed by atoms with Crippen LogP contribution in [-0.2, 0) is 35.2 Å². The van der Waals surface area contributed by atoms with Crippen molar-refractivity contribution in [2.24, 2.45) is 17.1 Å². The Balaban J connectivity index is 2.83. The van der Waals surface area contributed by atoms with Crippen molar-refractivity contribution in [1.29, 1.82) is 0 Å². The van der Waals surface area contributed by atoms with Gasteiger partial charge < -0.3 is 14.2 Å². The fourth-order valence-electron chi connectivity index (χ4n) is 1.91. The van der Waals surface area contributed by atoms with Crippen LogP contribution in [0.15, 0.2) is 24.3 Å². The Kier molecular flexibility index (Phi) is 8.12. The minimum Gasteiger partial charge on any atom is -0.464 e. The summed E-state index contributed by atoms with van der Waals surface area (Å²) in [5.74, 6) is -1.40. The van der Waals surface area contributed by atoms with Gasteiger partial charge in [0.1, 0.15) is 18.6 Å². The Morgan fingerprint density at radius 1 is 1.11 bits per heavy atom. The molecule has 0 aromatic heterocycles. The molecule has 7 heteroatoms. The molecular formula is C20H29NO6. The zero-order chi connectivity index (χ0) is 20.7. The summed E-state index contributed by atoms with van der Waals surface area (Å²) in [5, 5.41) is 0. The highest BCUT2D eigenvalue weighted by molar-refractivity contribution is 5.78. The summed E-state index contributed by atoms with van der Waals surface area (Å²) in [6.07, 6.45) is 0.436. The van der Waals surface area contributed by atoms with Gasteiger partial charge in [-0.1, -0.05) is 43.7 Å². The smallest absolute Gasteiger partial charge is 0.317 e. The van der Waals surface area contributed by atoms with Crippen LogP contribution in [0.4, 0.5) is 0 Å². The quantitative estimate of drug-likeness (QED) is 0.377. The lowest BCUT2D eigenvalue weighted by molar-refractivity contribution is -0.175. The third-order valence-corrected chi connectivity index (χ3v) is 3.92. The first kappa shape index (κ1) is 22.8. The lowest BCUT2D eigenvalue weighted by Gasteiger charge is -2.30. The van der Waals surface area contributed by atoms with E-state index >= 15 is 0 Å². The molecule has 0 aliphatic rings. The number of ether oxygens (including phenoxy) is 3. The highest BCUT2D eigenvalue weighted by Gasteiger charge is 2.39. The maximum absolute atomic E-state index is 12.7. The van der Waals surface area contributed by atoms with Crippen molar-refractivity contribution in [2.45, 2.75) is 47.0 Å². The van der Waals surface area contributed by atoms with E-state index in [1.807, 2.05) is 31.2 Å². The number of aldehydes is 1. The maximum Gasteiger partial charge on any atom is 0.317 e. The third kappa shape index (κ3) is 7.48. The second-order valence-electron chi connectivity index (χ2n) is 7.48. The Morgan fingerprint density at radius 2 is 1.70 bits per heavy atom. The van der Waals surface area contributed by atoms with E-state index in [1.165, 1.54) is 6.92 Å². The Morgan fingerprint density at radius 3 is 2.22 bits per heavy atom. The third-order valence-electron chi connectivity index (χ3n) is 3.92. The zero-order valence-electron chi connectivity index (χ0n) is 16.6. The van der Waals surface area contributed by atoms with Gasteiger partial charge in [-0.3, -0.25) is 20.1 Å². The highest BCUT2D eigenvalue weighted by Crippen LogP contribution is 2.23. The lowest BCUT2D eigenvalue weighted by atomic mass is 9.92. The van der Waals surface area contributed by atoms with Crippen LogP contribution >= 0.6 is 0 Å². The first-order valence-corrected chi connectivity index (χ1v) is 8.78. The lowest BCUT2D eigenvalue weighted by Crippen LogP contribution is -2.47. The first-order chi connectivity index (χ1) is 12.5. The fraction of sp³-hybridized carbons (Fsp3) is 0.550. The molecule has 2 N–H and O–H groups in total. The molecule has 1 rings (SSSR count). The van der Waals surface area contributed by atoms with E-state index in [2.05, 4.69) is 0 Å². The summed E-state index contributed by atoms with van der Waals surface area (Å²) >= 11 is 0. The number of nitrogens with two attached hydrogens (primary N) is 1. The number of hydrogen-bond donors (Lipinski definition) is 1. The van der Waals surface area contributed by atoms with E-state index in [1.54, 1.807) is 20.8 Å². The van der Waals surface area contributed by atoms with E-state index < -0.39 is 23.1 Å². The Hall–Kier alpha value is -2.25. The normalized spacial score (nSPS) is 15.5. The molecule has 0 fully saturated rings. The second-order valence-corrected chi connectivity index (χ2v) is 7.48. The largest absolute Gasteiger partial charge is 0.464 e. The molecule has 1 aromatic rings. The number of carbonyl (C=O) groups is 3. The Bertz CT molecular complexity index is 653. The Labute approximate surface area is 160 Å². The summed E-state index contributed by atoms with van der Waals surface area (Å²) in [4.78, 5) is 35.4. The van der Waals surface area contributed by atoms with Gasteiger partial charge in [0, 0.05) is 0 Å². The van der Waals surface area contributed by atoms with Crippen molar-refractivity contribution in [3.05, 3.63) is 35.4 Å². The predicted molar refractivity (Wildman–Crippen MR) is 99.5 cm³/mol. The molecule has 0 saturated heterocycles. The van der Waals surface area contributed by atoms with Crippen molar-refractivity contribution in [3.63, 3.8) is 0 Å². The van der Waals surface area contributed by atoms with Crippen LogP contribution in [0.5, 0.6) is 0 Å². The van der Waals surface area contributed by atoms with Gasteiger partial charge in [0.2, 0.25) is 0 Å². The van der Waals surface area contributed by atoms with Crippen molar-refractivity contribution in [2.75, 3.05) is 13.2 Å². The van der Waals surface area contributed by atoms with Crippen molar-refractivity contribution in [1.82, 2.24) is 0 Å². The molecule has 0 saturated carbocycles. The number of benzene rings is 1. The predicted octanol–water partition coefficient (Wildman–Crippen LogP) is 2.13. The van der Waals surface area contributed by atoms with E-state index in [4.69, 9.17) is 19.9 Å². The van der Waals surface area contributed by atoms with Gasteiger partial charge in [-0.25, -0.2) is 0 Å². The zero-order valence-corrected chi connectivity index (χ0v) is 16.6. The average molecular weight is 379 g/mol. The van der Waals surface area contributed by atoms with Gasteiger partial charge in [-0.2, -0.15) is 0 Å². The van der Waals surface area contributed by atoms with E-state index in [9.17, 15) is 14.4 Å². The fourth-order valence-corrected chi connectivity index (χ4v) is 1.91. The molecule has 0 spiro atoms. The summed E-state index contributed by atoms with van der Waals surface area (Å²) in [7, 11) is 0. The number of carbonyl (C=O) groups excluding carboxylic acids is 3. The van der Waals surface area contributed by atoms with E-state index in [0.29, 0.717) is 6.29 Å². The van der Waals surface area contributed by atoms with Crippen LogP contribution in [0.3, 0.4) is 0 Å². The van der Waals surface area contributed by atoms with E-state index in [-0.39, 0.29) is 25.7 Å². The summed E-state index contributed by atoms with van der Waals surface area (Å²) in [6, 6.07) is 7.55. The maximum atomic E-state index is 12.7. The summed E-state index contributed by atoms with van der Waals surface area (Å²) in [6.45, 7) is 7.84. The monoisotopic (exact) mass is 379 g/mol. The minimum atomic E-state index is -1.56. The van der Waals surface area contributed by atoms with Crippen molar-refractivity contribution < 1.29 is 28.6 Å². The number of aryl methyl sites for hydroxylation is 1. The number of rotatable bonds is 10. The molecule has 1 aromatic carbocycles. The van der Waals surface area contributed by atoms with Crippen LogP contribution in [0, 0.1) is 18.3 Å². The molecule has 0 amide bonds. The second kappa shape index (κ2) is 9.62. The molecule has 0 radical (unpaired) electrons. The van der Waals surface area contributed by atoms with Gasteiger partial charge in [0.05, 0.1) is 12.5 Å². The number of esters is 2. The SMILES string of the molecule is Cc1ccc(COC(=O)C(C)(COC(=O)C(C)C)COC(C)(N)C=O)cc1. The minimum absolute atomic E-state index is 0.0698. The topological polar surface area (TPSA) is 105 Å². The van der Waals surface area contributed by atoms with Crippen LogP contribution < -0.4 is 5.73 Å². The molecule has 2 atom stereocenters. The van der Waals surface area contributed by atoms with E-state index in [0.717, 1.165) is 11.1 Å². The standard InChI is InChI=1S/C20H29NO6/c1-14(2)17(23)26-12-19(4,13-27-20(5,21)11-22)18(24)25-10-16-8-6-15(3)7-9-16/h6-9,11,14H,10,12-13,21H2,1-5H3. The average Bonchev–Trinajstić information content (AvgIpc) is 2.63. The van der Waals surface area contributed by atoms with Crippen LogP contribution in [0.1, 0.15) is 38.8 Å². The molecule has 2 unspecified atom stereocenters. The highest BCUT2D eigenvalue weighted by atomic mass is 16.6. The molecule has 0 aliphatic heterocycles.